The number of aromatic nitrogens is 4. The molecule has 0 aliphatic carbocycles. The molecule has 0 aliphatic rings. The smallest absolute Gasteiger partial charge is 0.269 e. The first-order valence-corrected chi connectivity index (χ1v) is 11.1. The number of nitrogens with zero attached hydrogens (tertiary/aromatic N) is 4. The number of thiophene rings is 1. The van der Waals surface area contributed by atoms with Crippen molar-refractivity contribution < 1.29 is 4.79 Å². The molecular weight excluding hydrogens is 412 g/mol. The number of nitrogen functional groups attached to an aromatic ring is 1. The summed E-state index contributed by atoms with van der Waals surface area (Å²) in [5.41, 5.74) is 8.41. The van der Waals surface area contributed by atoms with Crippen LogP contribution in [-0.2, 0) is 0 Å². The van der Waals surface area contributed by atoms with Crippen molar-refractivity contribution in [3.8, 4) is 11.3 Å². The van der Waals surface area contributed by atoms with Crippen LogP contribution in [-0.4, -0.2) is 31.8 Å². The van der Waals surface area contributed by atoms with Crippen LogP contribution >= 0.6 is 34.4 Å². The lowest BCUT2D eigenvalue weighted by atomic mass is 10.1. The van der Waals surface area contributed by atoms with Gasteiger partial charge in [-0.1, -0.05) is 30.0 Å². The molecule has 10 heteroatoms. The van der Waals surface area contributed by atoms with Crippen LogP contribution in [0.25, 0.3) is 21.5 Å². The minimum atomic E-state index is -0.297. The van der Waals surface area contributed by atoms with Crippen molar-refractivity contribution in [3.63, 3.8) is 0 Å². The number of fused-ring (bicyclic) bond motifs is 1. The number of hydrogen-bond acceptors (Lipinski definition) is 9. The maximum absolute atomic E-state index is 12.7. The molecule has 0 saturated carbocycles. The van der Waals surface area contributed by atoms with E-state index in [4.69, 9.17) is 5.73 Å². The Kier molecular flexibility index (Phi) is 5.51. The van der Waals surface area contributed by atoms with Gasteiger partial charge in [0.05, 0.1) is 11.4 Å². The highest BCUT2D eigenvalue weighted by atomic mass is 32.2. The largest absolute Gasteiger partial charge is 0.397 e. The van der Waals surface area contributed by atoms with E-state index in [9.17, 15) is 4.79 Å². The van der Waals surface area contributed by atoms with Crippen LogP contribution in [0, 0.1) is 0 Å². The minimum Gasteiger partial charge on any atom is -0.397 e. The zero-order chi connectivity index (χ0) is 19.5. The van der Waals surface area contributed by atoms with E-state index >= 15 is 0 Å². The molecule has 1 amide bonds. The Morgan fingerprint density at radius 1 is 1.18 bits per heavy atom. The number of rotatable bonds is 6. The molecule has 0 radical (unpaired) electrons. The number of anilines is 2. The topological polar surface area (TPSA) is 107 Å². The van der Waals surface area contributed by atoms with Crippen molar-refractivity contribution >= 4 is 61.4 Å². The molecule has 4 rings (SSSR count). The number of nitrogens with one attached hydrogen (secondary N) is 1. The van der Waals surface area contributed by atoms with Gasteiger partial charge in [-0.15, -0.1) is 21.5 Å². The van der Waals surface area contributed by atoms with Crippen molar-refractivity contribution in [2.75, 3.05) is 16.8 Å². The fourth-order valence-corrected chi connectivity index (χ4v) is 5.17. The van der Waals surface area contributed by atoms with Crippen molar-refractivity contribution in [2.24, 2.45) is 0 Å². The molecule has 0 fully saturated rings. The number of carbonyl (C=O) groups is 1. The van der Waals surface area contributed by atoms with Gasteiger partial charge in [-0.05, 0) is 30.7 Å². The Hall–Kier alpha value is -2.56. The highest BCUT2D eigenvalue weighted by molar-refractivity contribution is 8.01. The Balaban J connectivity index is 1.58. The first-order chi connectivity index (χ1) is 13.7. The zero-order valence-electron chi connectivity index (χ0n) is 14.9. The summed E-state index contributed by atoms with van der Waals surface area (Å²) >= 11 is 4.26. The average molecular weight is 429 g/mol. The molecular formula is C18H16N6OS3. The molecule has 0 aromatic carbocycles. The standard InChI is InChI=1S/C18H16N6OS3/c1-2-9-26-18-24-23-17(28-18)22-15(25)14-13(19)11-3-4-12(21-16(11)27-14)10-5-7-20-8-6-10/h3-8H,2,9,19H2,1H3,(H,22,23,25). The first kappa shape index (κ1) is 18.8. The van der Waals surface area contributed by atoms with E-state index in [1.54, 1.807) is 24.2 Å². The monoisotopic (exact) mass is 428 g/mol. The summed E-state index contributed by atoms with van der Waals surface area (Å²) in [4.78, 5) is 22.5. The zero-order valence-corrected chi connectivity index (χ0v) is 17.3. The van der Waals surface area contributed by atoms with Gasteiger partial charge in [0, 0.05) is 29.1 Å². The maximum Gasteiger partial charge on any atom is 0.269 e. The molecule has 0 aliphatic heterocycles. The van der Waals surface area contributed by atoms with E-state index in [0.29, 0.717) is 20.5 Å². The SMILES string of the molecule is CCCSc1nnc(NC(=O)c2sc3nc(-c4ccncc4)ccc3c2N)s1. The third-order valence-corrected chi connectivity index (χ3v) is 7.12. The van der Waals surface area contributed by atoms with E-state index in [1.807, 2.05) is 24.3 Å². The first-order valence-electron chi connectivity index (χ1n) is 8.52. The summed E-state index contributed by atoms with van der Waals surface area (Å²) in [6, 6.07) is 7.57. The van der Waals surface area contributed by atoms with Gasteiger partial charge in [-0.3, -0.25) is 15.1 Å². The third kappa shape index (κ3) is 3.84. The molecule has 0 bridgehead atoms. The molecule has 0 atom stereocenters. The summed E-state index contributed by atoms with van der Waals surface area (Å²) in [6.07, 6.45) is 4.49. The highest BCUT2D eigenvalue weighted by Crippen LogP contribution is 2.35. The predicted molar refractivity (Wildman–Crippen MR) is 116 cm³/mol. The molecule has 0 saturated heterocycles. The Labute approximate surface area is 173 Å². The minimum absolute atomic E-state index is 0.297. The molecule has 7 nitrogen and oxygen atoms in total. The second-order valence-electron chi connectivity index (χ2n) is 5.81. The average Bonchev–Trinajstić information content (AvgIpc) is 3.31. The normalized spacial score (nSPS) is 11.0. The van der Waals surface area contributed by atoms with Crippen LogP contribution in [0.5, 0.6) is 0 Å². The molecule has 28 heavy (non-hydrogen) atoms. The van der Waals surface area contributed by atoms with Gasteiger partial charge in [0.1, 0.15) is 9.71 Å². The van der Waals surface area contributed by atoms with Crippen molar-refractivity contribution in [1.82, 2.24) is 20.2 Å². The quantitative estimate of drug-likeness (QED) is 0.343. The lowest BCUT2D eigenvalue weighted by molar-refractivity contribution is 0.103. The van der Waals surface area contributed by atoms with Gasteiger partial charge in [0.25, 0.3) is 5.91 Å². The van der Waals surface area contributed by atoms with Crippen LogP contribution in [0.2, 0.25) is 0 Å². The van der Waals surface area contributed by atoms with Crippen LogP contribution in [0.1, 0.15) is 23.0 Å². The number of carbonyl (C=O) groups excluding carboxylic acids is 1. The van der Waals surface area contributed by atoms with Gasteiger partial charge in [-0.2, -0.15) is 0 Å². The summed E-state index contributed by atoms with van der Waals surface area (Å²) in [7, 11) is 0. The van der Waals surface area contributed by atoms with Crippen LogP contribution in [0.15, 0.2) is 41.0 Å². The van der Waals surface area contributed by atoms with Gasteiger partial charge >= 0.3 is 0 Å². The van der Waals surface area contributed by atoms with Crippen molar-refractivity contribution in [3.05, 3.63) is 41.5 Å². The second kappa shape index (κ2) is 8.21. The lowest BCUT2D eigenvalue weighted by Gasteiger charge is -2.00. The molecule has 4 heterocycles. The molecule has 142 valence electrons. The number of hydrogen-bond donors (Lipinski definition) is 2. The fraction of sp³-hybridized carbons (Fsp3) is 0.167. The van der Waals surface area contributed by atoms with Crippen LogP contribution in [0.3, 0.4) is 0 Å². The van der Waals surface area contributed by atoms with E-state index in [2.05, 4.69) is 32.4 Å². The van der Waals surface area contributed by atoms with Gasteiger partial charge < -0.3 is 5.73 Å². The van der Waals surface area contributed by atoms with Crippen molar-refractivity contribution in [1.29, 1.82) is 0 Å². The number of nitrogens with two attached hydrogens (primary N) is 1. The molecule has 4 aromatic heterocycles. The fourth-order valence-electron chi connectivity index (χ4n) is 2.51. The maximum atomic E-state index is 12.7. The summed E-state index contributed by atoms with van der Waals surface area (Å²) in [5, 5.41) is 12.1. The number of amides is 1. The third-order valence-electron chi connectivity index (χ3n) is 3.83. The summed E-state index contributed by atoms with van der Waals surface area (Å²) in [5.74, 6) is 0.672. The Morgan fingerprint density at radius 3 is 2.79 bits per heavy atom. The number of pyridine rings is 2. The number of thioether (sulfide) groups is 1. The van der Waals surface area contributed by atoms with Crippen LogP contribution < -0.4 is 11.1 Å². The van der Waals surface area contributed by atoms with Gasteiger partial charge in [-0.25, -0.2) is 4.98 Å². The predicted octanol–water partition coefficient (Wildman–Crippen LogP) is 4.55. The lowest BCUT2D eigenvalue weighted by Crippen LogP contribution is -2.11. The van der Waals surface area contributed by atoms with E-state index in [1.165, 1.54) is 22.7 Å². The molecule has 0 spiro atoms. The molecule has 4 aromatic rings. The van der Waals surface area contributed by atoms with Gasteiger partial charge in [0.15, 0.2) is 4.34 Å². The van der Waals surface area contributed by atoms with Gasteiger partial charge in [0.2, 0.25) is 5.13 Å². The summed E-state index contributed by atoms with van der Waals surface area (Å²) < 4.78 is 0.838. The van der Waals surface area contributed by atoms with E-state index < -0.39 is 0 Å². The summed E-state index contributed by atoms with van der Waals surface area (Å²) in [6.45, 7) is 2.11. The Morgan fingerprint density at radius 2 is 2.00 bits per heavy atom. The van der Waals surface area contributed by atoms with Crippen LogP contribution in [0.4, 0.5) is 10.8 Å². The second-order valence-corrected chi connectivity index (χ2v) is 9.12. The van der Waals surface area contributed by atoms with E-state index in [0.717, 1.165) is 33.2 Å². The van der Waals surface area contributed by atoms with E-state index in [-0.39, 0.29) is 5.91 Å². The highest BCUT2D eigenvalue weighted by Gasteiger charge is 2.19. The van der Waals surface area contributed by atoms with Crippen molar-refractivity contribution in [2.45, 2.75) is 17.7 Å². The Bertz CT molecular complexity index is 1130. The molecule has 3 N–H and O–H groups in total. The molecule has 0 unspecified atom stereocenters.